The van der Waals surface area contributed by atoms with Crippen LogP contribution in [0, 0.1) is 10.1 Å². The number of carbonyl (C=O) groups is 3. The SMILES string of the molecule is CCOc1cc(C=NNC(=O)c2cccc(NC(=O)c3ccc(Br)cc3)c2)ccc1OC(=O)c1ccc([N+](=O)[O-])cc1. The van der Waals surface area contributed by atoms with Gasteiger partial charge in [0, 0.05) is 33.4 Å². The zero-order valence-corrected chi connectivity index (χ0v) is 23.7. The summed E-state index contributed by atoms with van der Waals surface area (Å²) in [7, 11) is 0. The first-order chi connectivity index (χ1) is 20.2. The van der Waals surface area contributed by atoms with Crippen LogP contribution in [0.25, 0.3) is 0 Å². The van der Waals surface area contributed by atoms with Crippen molar-refractivity contribution in [2.75, 3.05) is 11.9 Å². The molecule has 0 aliphatic heterocycles. The Bertz CT molecular complexity index is 1660. The molecule has 0 aliphatic carbocycles. The van der Waals surface area contributed by atoms with Gasteiger partial charge in [0.15, 0.2) is 11.5 Å². The van der Waals surface area contributed by atoms with E-state index in [0.717, 1.165) is 4.47 Å². The van der Waals surface area contributed by atoms with Crippen molar-refractivity contribution in [3.05, 3.63) is 128 Å². The van der Waals surface area contributed by atoms with Crippen molar-refractivity contribution in [3.63, 3.8) is 0 Å². The van der Waals surface area contributed by atoms with E-state index in [1.54, 1.807) is 61.5 Å². The molecule has 212 valence electrons. The van der Waals surface area contributed by atoms with Gasteiger partial charge in [-0.1, -0.05) is 22.0 Å². The maximum atomic E-state index is 12.7. The number of nitro groups is 1. The van der Waals surface area contributed by atoms with Crippen molar-refractivity contribution in [3.8, 4) is 11.5 Å². The lowest BCUT2D eigenvalue weighted by Crippen LogP contribution is -2.18. The lowest BCUT2D eigenvalue weighted by atomic mass is 10.1. The monoisotopic (exact) mass is 630 g/mol. The van der Waals surface area contributed by atoms with Crippen LogP contribution in [0.1, 0.15) is 43.6 Å². The first-order valence-corrected chi connectivity index (χ1v) is 13.3. The molecule has 4 rings (SSSR count). The maximum absolute atomic E-state index is 12.7. The van der Waals surface area contributed by atoms with Crippen LogP contribution in [0.2, 0.25) is 0 Å². The Balaban J connectivity index is 1.39. The highest BCUT2D eigenvalue weighted by atomic mass is 79.9. The van der Waals surface area contributed by atoms with Gasteiger partial charge in [-0.05, 0) is 85.3 Å². The van der Waals surface area contributed by atoms with E-state index in [-0.39, 0.29) is 40.8 Å². The van der Waals surface area contributed by atoms with Gasteiger partial charge < -0.3 is 14.8 Å². The van der Waals surface area contributed by atoms with E-state index < -0.39 is 16.8 Å². The van der Waals surface area contributed by atoms with Crippen LogP contribution in [-0.2, 0) is 0 Å². The van der Waals surface area contributed by atoms with E-state index in [1.807, 2.05) is 0 Å². The van der Waals surface area contributed by atoms with E-state index in [1.165, 1.54) is 42.6 Å². The predicted molar refractivity (Wildman–Crippen MR) is 159 cm³/mol. The summed E-state index contributed by atoms with van der Waals surface area (Å²) in [5, 5.41) is 17.6. The molecule has 4 aromatic rings. The molecule has 0 aromatic heterocycles. The number of benzene rings is 4. The number of anilines is 1. The molecular weight excluding hydrogens is 608 g/mol. The average Bonchev–Trinajstić information content (AvgIpc) is 2.99. The second kappa shape index (κ2) is 13.8. The minimum Gasteiger partial charge on any atom is -0.490 e. The van der Waals surface area contributed by atoms with Crippen LogP contribution in [0.5, 0.6) is 11.5 Å². The number of carbonyl (C=O) groups excluding carboxylic acids is 3. The summed E-state index contributed by atoms with van der Waals surface area (Å²) in [6, 6.07) is 23.0. The molecule has 2 N–H and O–H groups in total. The van der Waals surface area contributed by atoms with Gasteiger partial charge in [-0.15, -0.1) is 0 Å². The van der Waals surface area contributed by atoms with E-state index in [4.69, 9.17) is 9.47 Å². The zero-order chi connectivity index (χ0) is 30.1. The molecule has 0 saturated heterocycles. The number of esters is 1. The number of nitro benzene ring substituents is 1. The molecule has 0 unspecified atom stereocenters. The molecule has 0 spiro atoms. The summed E-state index contributed by atoms with van der Waals surface area (Å²) >= 11 is 3.33. The fourth-order valence-electron chi connectivity index (χ4n) is 3.61. The molecular formula is C30H23BrN4O7. The number of amides is 2. The van der Waals surface area contributed by atoms with Gasteiger partial charge in [0.25, 0.3) is 17.5 Å². The van der Waals surface area contributed by atoms with Gasteiger partial charge in [0.05, 0.1) is 23.3 Å². The number of nitrogens with zero attached hydrogens (tertiary/aromatic N) is 2. The summed E-state index contributed by atoms with van der Waals surface area (Å²) < 4.78 is 11.9. The highest BCUT2D eigenvalue weighted by Crippen LogP contribution is 2.29. The molecule has 42 heavy (non-hydrogen) atoms. The zero-order valence-electron chi connectivity index (χ0n) is 22.1. The van der Waals surface area contributed by atoms with Crippen molar-refractivity contribution in [1.29, 1.82) is 0 Å². The van der Waals surface area contributed by atoms with Crippen molar-refractivity contribution in [1.82, 2.24) is 5.43 Å². The van der Waals surface area contributed by atoms with Gasteiger partial charge in [0.2, 0.25) is 0 Å². The summed E-state index contributed by atoms with van der Waals surface area (Å²) in [5.41, 5.74) is 4.16. The van der Waals surface area contributed by atoms with E-state index in [2.05, 4.69) is 31.8 Å². The highest BCUT2D eigenvalue weighted by molar-refractivity contribution is 9.10. The van der Waals surface area contributed by atoms with Crippen LogP contribution in [0.3, 0.4) is 0 Å². The number of non-ortho nitro benzene ring substituents is 1. The first kappa shape index (κ1) is 29.6. The molecule has 0 heterocycles. The summed E-state index contributed by atoms with van der Waals surface area (Å²) in [6.45, 7) is 2.05. The Morgan fingerprint density at radius 2 is 1.60 bits per heavy atom. The number of halogens is 1. The molecule has 4 aromatic carbocycles. The Hall–Kier alpha value is -5.36. The number of hydrogen-bond acceptors (Lipinski definition) is 8. The highest BCUT2D eigenvalue weighted by Gasteiger charge is 2.15. The quantitative estimate of drug-likeness (QED) is 0.0718. The Morgan fingerprint density at radius 3 is 2.29 bits per heavy atom. The van der Waals surface area contributed by atoms with Gasteiger partial charge in [0.1, 0.15) is 0 Å². The predicted octanol–water partition coefficient (Wildman–Crippen LogP) is 5.99. The first-order valence-electron chi connectivity index (χ1n) is 12.5. The van der Waals surface area contributed by atoms with Crippen LogP contribution in [0.15, 0.2) is 101 Å². The van der Waals surface area contributed by atoms with Gasteiger partial charge in [-0.2, -0.15) is 5.10 Å². The summed E-state index contributed by atoms with van der Waals surface area (Å²) in [5.74, 6) is -1.12. The molecule has 0 radical (unpaired) electrons. The normalized spacial score (nSPS) is 10.6. The Morgan fingerprint density at radius 1 is 0.881 bits per heavy atom. The number of nitrogens with one attached hydrogen (secondary N) is 2. The van der Waals surface area contributed by atoms with E-state index in [0.29, 0.717) is 16.8 Å². The van der Waals surface area contributed by atoms with Crippen molar-refractivity contribution in [2.24, 2.45) is 5.10 Å². The number of ether oxygens (including phenoxy) is 2. The van der Waals surface area contributed by atoms with Crippen LogP contribution >= 0.6 is 15.9 Å². The molecule has 0 saturated carbocycles. The lowest BCUT2D eigenvalue weighted by molar-refractivity contribution is -0.384. The number of hydrogen-bond donors (Lipinski definition) is 2. The third kappa shape index (κ3) is 7.86. The van der Waals surface area contributed by atoms with Gasteiger partial charge >= 0.3 is 5.97 Å². The van der Waals surface area contributed by atoms with E-state index in [9.17, 15) is 24.5 Å². The minimum absolute atomic E-state index is 0.133. The maximum Gasteiger partial charge on any atom is 0.343 e. The standard InChI is InChI=1S/C30H23BrN4O7/c1-2-41-27-16-19(6-15-26(27)42-30(38)21-9-13-25(14-10-21)35(39)40)18-32-34-29(37)22-4-3-5-24(17-22)33-28(36)20-7-11-23(31)12-8-20/h3-18H,2H2,1H3,(H,33,36)(H,34,37). The smallest absolute Gasteiger partial charge is 0.343 e. The molecule has 12 heteroatoms. The van der Waals surface area contributed by atoms with Gasteiger partial charge in [-0.25, -0.2) is 10.2 Å². The molecule has 0 bridgehead atoms. The third-order valence-corrected chi connectivity index (χ3v) is 6.18. The summed E-state index contributed by atoms with van der Waals surface area (Å²) in [6.07, 6.45) is 1.39. The topological polar surface area (TPSA) is 149 Å². The molecule has 0 atom stereocenters. The fraction of sp³-hybridized carbons (Fsp3) is 0.0667. The Kier molecular flexibility index (Phi) is 9.74. The van der Waals surface area contributed by atoms with E-state index >= 15 is 0 Å². The van der Waals surface area contributed by atoms with Crippen molar-refractivity contribution < 1.29 is 28.8 Å². The molecule has 2 amide bonds. The second-order valence-electron chi connectivity index (χ2n) is 8.57. The average molecular weight is 631 g/mol. The number of rotatable bonds is 10. The van der Waals surface area contributed by atoms with Crippen molar-refractivity contribution in [2.45, 2.75) is 6.92 Å². The van der Waals surface area contributed by atoms with Crippen LogP contribution in [-0.4, -0.2) is 35.5 Å². The van der Waals surface area contributed by atoms with Crippen molar-refractivity contribution >= 4 is 51.3 Å². The Labute approximate surface area is 248 Å². The molecule has 0 fully saturated rings. The third-order valence-electron chi connectivity index (χ3n) is 5.65. The lowest BCUT2D eigenvalue weighted by Gasteiger charge is -2.11. The minimum atomic E-state index is -0.713. The van der Waals surface area contributed by atoms with Crippen LogP contribution < -0.4 is 20.2 Å². The van der Waals surface area contributed by atoms with Crippen LogP contribution in [0.4, 0.5) is 11.4 Å². The summed E-state index contributed by atoms with van der Waals surface area (Å²) in [4.78, 5) is 48.0. The fourth-order valence-corrected chi connectivity index (χ4v) is 3.87. The second-order valence-corrected chi connectivity index (χ2v) is 9.49. The molecule has 0 aliphatic rings. The van der Waals surface area contributed by atoms with Gasteiger partial charge in [-0.3, -0.25) is 19.7 Å². The number of hydrazone groups is 1. The molecule has 11 nitrogen and oxygen atoms in total. The largest absolute Gasteiger partial charge is 0.490 e.